The van der Waals surface area contributed by atoms with E-state index in [1.807, 2.05) is 13.8 Å². The van der Waals surface area contributed by atoms with E-state index >= 15 is 0 Å². The second kappa shape index (κ2) is 5.43. The molecule has 0 atom stereocenters. The Labute approximate surface area is 123 Å². The number of rotatable bonds is 3. The van der Waals surface area contributed by atoms with Crippen LogP contribution in [0, 0.1) is 5.82 Å². The second-order valence-corrected chi connectivity index (χ2v) is 5.66. The van der Waals surface area contributed by atoms with E-state index in [1.54, 1.807) is 0 Å². The summed E-state index contributed by atoms with van der Waals surface area (Å²) in [5.74, 6) is -1.06. The molecule has 0 saturated heterocycles. The standard InChI is InChI=1S/C13H11BrClFN2O/c1-7(2)18-12(10(15)6-17-18)13(19)9-5-8(14)3-4-11(9)16/h3-7H,1-2H3. The lowest BCUT2D eigenvalue weighted by Gasteiger charge is -2.11. The van der Waals surface area contributed by atoms with Gasteiger partial charge in [0.05, 0.1) is 16.8 Å². The van der Waals surface area contributed by atoms with Crippen molar-refractivity contribution in [3.05, 3.63) is 51.0 Å². The van der Waals surface area contributed by atoms with E-state index in [9.17, 15) is 9.18 Å². The number of aromatic nitrogens is 2. The summed E-state index contributed by atoms with van der Waals surface area (Å²) in [4.78, 5) is 12.4. The van der Waals surface area contributed by atoms with Crippen LogP contribution in [-0.2, 0) is 0 Å². The molecule has 0 fully saturated rings. The minimum atomic E-state index is -0.583. The number of hydrogen-bond acceptors (Lipinski definition) is 2. The summed E-state index contributed by atoms with van der Waals surface area (Å²) in [5.41, 5.74) is 0.173. The lowest BCUT2D eigenvalue weighted by atomic mass is 10.1. The van der Waals surface area contributed by atoms with Crippen molar-refractivity contribution in [2.75, 3.05) is 0 Å². The predicted molar refractivity (Wildman–Crippen MR) is 75.2 cm³/mol. The summed E-state index contributed by atoms with van der Waals surface area (Å²) in [5, 5.41) is 4.26. The third-order valence-corrected chi connectivity index (χ3v) is 3.40. The minimum Gasteiger partial charge on any atom is -0.287 e. The van der Waals surface area contributed by atoms with Crippen LogP contribution in [0.5, 0.6) is 0 Å². The number of carbonyl (C=O) groups is 1. The molecule has 0 saturated carbocycles. The molecule has 1 aromatic carbocycles. The monoisotopic (exact) mass is 344 g/mol. The number of ketones is 1. The normalized spacial score (nSPS) is 11.1. The van der Waals surface area contributed by atoms with Crippen molar-refractivity contribution in [1.29, 1.82) is 0 Å². The Bertz CT molecular complexity index is 640. The van der Waals surface area contributed by atoms with Crippen LogP contribution in [0.25, 0.3) is 0 Å². The van der Waals surface area contributed by atoms with Gasteiger partial charge in [-0.2, -0.15) is 5.10 Å². The fourth-order valence-electron chi connectivity index (χ4n) is 1.74. The highest BCUT2D eigenvalue weighted by atomic mass is 79.9. The summed E-state index contributed by atoms with van der Waals surface area (Å²) in [7, 11) is 0. The third kappa shape index (κ3) is 2.72. The molecule has 19 heavy (non-hydrogen) atoms. The van der Waals surface area contributed by atoms with E-state index in [0.717, 1.165) is 0 Å². The van der Waals surface area contributed by atoms with Gasteiger partial charge in [-0.1, -0.05) is 27.5 Å². The Morgan fingerprint density at radius 2 is 2.16 bits per heavy atom. The molecule has 6 heteroatoms. The molecule has 2 rings (SSSR count). The van der Waals surface area contributed by atoms with Gasteiger partial charge < -0.3 is 0 Å². The van der Waals surface area contributed by atoms with Gasteiger partial charge >= 0.3 is 0 Å². The topological polar surface area (TPSA) is 34.9 Å². The lowest BCUT2D eigenvalue weighted by Crippen LogP contribution is -2.15. The van der Waals surface area contributed by atoms with Crippen LogP contribution >= 0.6 is 27.5 Å². The Morgan fingerprint density at radius 3 is 2.79 bits per heavy atom. The maximum absolute atomic E-state index is 13.8. The molecule has 1 heterocycles. The van der Waals surface area contributed by atoms with Gasteiger partial charge in [-0.25, -0.2) is 4.39 Å². The molecular formula is C13H11BrClFN2O. The van der Waals surface area contributed by atoms with Crippen molar-refractivity contribution >= 4 is 33.3 Å². The molecule has 3 nitrogen and oxygen atoms in total. The summed E-state index contributed by atoms with van der Waals surface area (Å²) in [6.45, 7) is 3.74. The molecule has 0 aliphatic rings. The van der Waals surface area contributed by atoms with Crippen molar-refractivity contribution in [3.63, 3.8) is 0 Å². The van der Waals surface area contributed by atoms with Crippen LogP contribution in [0.4, 0.5) is 4.39 Å². The van der Waals surface area contributed by atoms with Gasteiger partial charge in [0.15, 0.2) is 0 Å². The van der Waals surface area contributed by atoms with Gasteiger partial charge in [0, 0.05) is 10.5 Å². The lowest BCUT2D eigenvalue weighted by molar-refractivity contribution is 0.102. The zero-order valence-corrected chi connectivity index (χ0v) is 12.7. The quantitative estimate of drug-likeness (QED) is 0.780. The van der Waals surface area contributed by atoms with Crippen molar-refractivity contribution in [2.24, 2.45) is 0 Å². The van der Waals surface area contributed by atoms with Crippen molar-refractivity contribution < 1.29 is 9.18 Å². The van der Waals surface area contributed by atoms with Gasteiger partial charge in [-0.05, 0) is 32.0 Å². The van der Waals surface area contributed by atoms with Gasteiger partial charge in [0.2, 0.25) is 5.78 Å². The fourth-order valence-corrected chi connectivity index (χ4v) is 2.32. The number of nitrogens with zero attached hydrogens (tertiary/aromatic N) is 2. The van der Waals surface area contributed by atoms with Crippen LogP contribution in [0.1, 0.15) is 35.9 Å². The number of benzene rings is 1. The molecule has 0 spiro atoms. The summed E-state index contributed by atoms with van der Waals surface area (Å²) in [6.07, 6.45) is 1.39. The summed E-state index contributed by atoms with van der Waals surface area (Å²) >= 11 is 9.21. The largest absolute Gasteiger partial charge is 0.287 e. The van der Waals surface area contributed by atoms with Crippen LogP contribution in [-0.4, -0.2) is 15.6 Å². The minimum absolute atomic E-state index is 0.0290. The molecular weight excluding hydrogens is 335 g/mol. The molecule has 0 radical (unpaired) electrons. The van der Waals surface area contributed by atoms with Crippen molar-refractivity contribution in [1.82, 2.24) is 9.78 Å². The van der Waals surface area contributed by atoms with E-state index in [-0.39, 0.29) is 22.3 Å². The highest BCUT2D eigenvalue weighted by Crippen LogP contribution is 2.25. The first-order chi connectivity index (χ1) is 8.91. The van der Waals surface area contributed by atoms with Crippen molar-refractivity contribution in [3.8, 4) is 0 Å². The van der Waals surface area contributed by atoms with E-state index < -0.39 is 11.6 Å². The number of halogens is 3. The first-order valence-corrected chi connectivity index (χ1v) is 6.81. The first kappa shape index (κ1) is 14.2. The first-order valence-electron chi connectivity index (χ1n) is 5.64. The van der Waals surface area contributed by atoms with Gasteiger partial charge in [0.1, 0.15) is 11.5 Å². The van der Waals surface area contributed by atoms with Gasteiger partial charge in [-0.3, -0.25) is 9.48 Å². The maximum atomic E-state index is 13.8. The van der Waals surface area contributed by atoms with E-state index in [2.05, 4.69) is 21.0 Å². The van der Waals surface area contributed by atoms with Crippen LogP contribution in [0.15, 0.2) is 28.9 Å². The molecule has 0 unspecified atom stereocenters. The highest BCUT2D eigenvalue weighted by molar-refractivity contribution is 9.10. The molecule has 0 amide bonds. The molecule has 0 bridgehead atoms. The molecule has 0 aliphatic heterocycles. The average molecular weight is 346 g/mol. The predicted octanol–water partition coefficient (Wildman–Crippen LogP) is 4.25. The SMILES string of the molecule is CC(C)n1ncc(Cl)c1C(=O)c1cc(Br)ccc1F. The van der Waals surface area contributed by atoms with E-state index in [1.165, 1.54) is 29.1 Å². The maximum Gasteiger partial charge on any atom is 0.215 e. The summed E-state index contributed by atoms with van der Waals surface area (Å²) < 4.78 is 15.9. The Morgan fingerprint density at radius 1 is 1.47 bits per heavy atom. The average Bonchev–Trinajstić information content (AvgIpc) is 2.73. The number of carbonyl (C=O) groups excluding carboxylic acids is 1. The Balaban J connectivity index is 2.56. The molecule has 100 valence electrons. The van der Waals surface area contributed by atoms with E-state index in [4.69, 9.17) is 11.6 Å². The highest BCUT2D eigenvalue weighted by Gasteiger charge is 2.23. The van der Waals surface area contributed by atoms with Crippen LogP contribution in [0.2, 0.25) is 5.02 Å². The number of hydrogen-bond donors (Lipinski definition) is 0. The van der Waals surface area contributed by atoms with Gasteiger partial charge in [0.25, 0.3) is 0 Å². The molecule has 0 N–H and O–H groups in total. The van der Waals surface area contributed by atoms with Crippen LogP contribution < -0.4 is 0 Å². The van der Waals surface area contributed by atoms with Gasteiger partial charge in [-0.15, -0.1) is 0 Å². The fraction of sp³-hybridized carbons (Fsp3) is 0.231. The molecule has 2 aromatic rings. The zero-order valence-electron chi connectivity index (χ0n) is 10.3. The summed E-state index contributed by atoms with van der Waals surface area (Å²) in [6, 6.07) is 4.17. The second-order valence-electron chi connectivity index (χ2n) is 4.33. The Hall–Kier alpha value is -1.20. The molecule has 1 aromatic heterocycles. The Kier molecular flexibility index (Phi) is 4.06. The van der Waals surface area contributed by atoms with Crippen LogP contribution in [0.3, 0.4) is 0 Å². The molecule has 0 aliphatic carbocycles. The zero-order chi connectivity index (χ0) is 14.2. The van der Waals surface area contributed by atoms with Crippen molar-refractivity contribution in [2.45, 2.75) is 19.9 Å². The van der Waals surface area contributed by atoms with E-state index in [0.29, 0.717) is 4.47 Å². The smallest absolute Gasteiger partial charge is 0.215 e. The third-order valence-electron chi connectivity index (χ3n) is 2.63.